The second-order valence-electron chi connectivity index (χ2n) is 12.3. The minimum atomic E-state index is 1.16. The third kappa shape index (κ3) is 3.48. The lowest BCUT2D eigenvalue weighted by Gasteiger charge is -2.11. The number of nitrogens with zero attached hydrogens (tertiary/aromatic N) is 3. The molecule has 0 aliphatic carbocycles. The molecule has 216 valence electrons. The van der Waals surface area contributed by atoms with E-state index in [2.05, 4.69) is 178 Å². The van der Waals surface area contributed by atoms with E-state index in [-0.39, 0.29) is 0 Å². The third-order valence-electron chi connectivity index (χ3n) is 9.70. The molecule has 7 aromatic carbocycles. The second kappa shape index (κ2) is 9.47. The van der Waals surface area contributed by atoms with E-state index in [0.29, 0.717) is 0 Å². The molecule has 3 nitrogen and oxygen atoms in total. The molecular formula is C43H29N3. The van der Waals surface area contributed by atoms with Crippen molar-refractivity contribution in [2.24, 2.45) is 0 Å². The first-order valence-electron chi connectivity index (χ1n) is 15.9. The number of aromatic nitrogens is 3. The molecule has 46 heavy (non-hydrogen) atoms. The minimum absolute atomic E-state index is 1.16. The van der Waals surface area contributed by atoms with Gasteiger partial charge in [0.15, 0.2) is 0 Å². The molecule has 0 aliphatic heterocycles. The summed E-state index contributed by atoms with van der Waals surface area (Å²) < 4.78 is 7.22. The van der Waals surface area contributed by atoms with E-state index in [4.69, 9.17) is 0 Å². The highest BCUT2D eigenvalue weighted by Gasteiger charge is 2.18. The number of hydrogen-bond donors (Lipinski definition) is 0. The van der Waals surface area contributed by atoms with Gasteiger partial charge >= 0.3 is 0 Å². The van der Waals surface area contributed by atoms with Crippen LogP contribution in [0, 0.1) is 6.92 Å². The van der Waals surface area contributed by atoms with Crippen LogP contribution in [0.2, 0.25) is 0 Å². The van der Waals surface area contributed by atoms with Gasteiger partial charge in [0.05, 0.1) is 33.1 Å². The molecule has 0 atom stereocenters. The fraction of sp³-hybridized carbons (Fsp3) is 0.0233. The molecule has 0 bridgehead atoms. The Hall–Kier alpha value is -6.06. The van der Waals surface area contributed by atoms with Crippen molar-refractivity contribution in [1.82, 2.24) is 13.7 Å². The molecule has 0 saturated heterocycles. The van der Waals surface area contributed by atoms with Crippen molar-refractivity contribution < 1.29 is 0 Å². The lowest BCUT2D eigenvalue weighted by Crippen LogP contribution is -1.96. The summed E-state index contributed by atoms with van der Waals surface area (Å²) >= 11 is 0. The molecule has 0 N–H and O–H groups in total. The van der Waals surface area contributed by atoms with Crippen LogP contribution < -0.4 is 0 Å². The number of fused-ring (bicyclic) bond motifs is 9. The minimum Gasteiger partial charge on any atom is -0.309 e. The normalized spacial score (nSPS) is 12.0. The van der Waals surface area contributed by atoms with Crippen LogP contribution in [0.4, 0.5) is 0 Å². The van der Waals surface area contributed by atoms with Crippen LogP contribution in [-0.4, -0.2) is 13.7 Å². The molecular weight excluding hydrogens is 558 g/mol. The van der Waals surface area contributed by atoms with Crippen molar-refractivity contribution >= 4 is 65.4 Å². The highest BCUT2D eigenvalue weighted by atomic mass is 15.0. The molecule has 0 spiro atoms. The standard InChI is InChI=1S/C43H29N3/c1-28-18-20-29(21-19-28)44-40-16-8-4-12-34(40)36-27-31(22-24-42(36)44)46-41-17-9-5-13-35(41)37-26-30(23-25-43(37)46)45-38-14-6-2-10-32(38)33-11-3-7-15-39(33)45/h2-27H,1H3. The molecule has 0 saturated carbocycles. The summed E-state index contributed by atoms with van der Waals surface area (Å²) in [4.78, 5) is 0. The third-order valence-corrected chi connectivity index (χ3v) is 9.70. The number of hydrogen-bond acceptors (Lipinski definition) is 0. The Balaban J connectivity index is 1.23. The second-order valence-corrected chi connectivity index (χ2v) is 12.3. The predicted octanol–water partition coefficient (Wildman–Crippen LogP) is 11.3. The first kappa shape index (κ1) is 25.3. The van der Waals surface area contributed by atoms with Crippen LogP contribution in [0.25, 0.3) is 82.5 Å². The SMILES string of the molecule is Cc1ccc(-n2c3ccccc3c3cc(-n4c5ccccc5c5cc(-n6c7ccccc7c7ccccc76)ccc54)ccc32)cc1. The highest BCUT2D eigenvalue weighted by molar-refractivity contribution is 6.13. The summed E-state index contributed by atoms with van der Waals surface area (Å²) in [6.45, 7) is 2.14. The smallest absolute Gasteiger partial charge is 0.0542 e. The van der Waals surface area contributed by atoms with E-state index in [9.17, 15) is 0 Å². The van der Waals surface area contributed by atoms with E-state index in [1.165, 1.54) is 82.4 Å². The monoisotopic (exact) mass is 587 g/mol. The van der Waals surface area contributed by atoms with Crippen molar-refractivity contribution in [2.45, 2.75) is 6.92 Å². The van der Waals surface area contributed by atoms with Gasteiger partial charge in [-0.1, -0.05) is 90.5 Å². The number of aryl methyl sites for hydroxylation is 1. The molecule has 0 radical (unpaired) electrons. The zero-order chi connectivity index (χ0) is 30.4. The van der Waals surface area contributed by atoms with Crippen LogP contribution >= 0.6 is 0 Å². The van der Waals surface area contributed by atoms with Crippen LogP contribution in [0.15, 0.2) is 158 Å². The summed E-state index contributed by atoms with van der Waals surface area (Å²) in [5.74, 6) is 0. The average molecular weight is 588 g/mol. The first-order valence-corrected chi connectivity index (χ1v) is 15.9. The van der Waals surface area contributed by atoms with Gasteiger partial charge in [0, 0.05) is 49.4 Å². The zero-order valence-corrected chi connectivity index (χ0v) is 25.4. The maximum absolute atomic E-state index is 2.43. The number of para-hydroxylation sites is 4. The van der Waals surface area contributed by atoms with Gasteiger partial charge in [0.25, 0.3) is 0 Å². The van der Waals surface area contributed by atoms with Crippen molar-refractivity contribution in [3.8, 4) is 17.1 Å². The van der Waals surface area contributed by atoms with E-state index in [0.717, 1.165) is 5.69 Å². The van der Waals surface area contributed by atoms with Crippen LogP contribution in [-0.2, 0) is 0 Å². The first-order chi connectivity index (χ1) is 22.7. The van der Waals surface area contributed by atoms with Gasteiger partial charge in [-0.25, -0.2) is 0 Å². The van der Waals surface area contributed by atoms with Gasteiger partial charge in [-0.3, -0.25) is 0 Å². The van der Waals surface area contributed by atoms with Crippen LogP contribution in [0.3, 0.4) is 0 Å². The van der Waals surface area contributed by atoms with E-state index < -0.39 is 0 Å². The lowest BCUT2D eigenvalue weighted by molar-refractivity contribution is 1.16. The Morgan fingerprint density at radius 1 is 0.283 bits per heavy atom. The molecule has 3 heteroatoms. The van der Waals surface area contributed by atoms with Gasteiger partial charge in [0.2, 0.25) is 0 Å². The molecule has 3 aromatic heterocycles. The van der Waals surface area contributed by atoms with Crippen molar-refractivity contribution in [2.75, 3.05) is 0 Å². The average Bonchev–Trinajstić information content (AvgIpc) is 3.74. The van der Waals surface area contributed by atoms with Crippen molar-refractivity contribution in [1.29, 1.82) is 0 Å². The Labute approximate surface area is 265 Å². The van der Waals surface area contributed by atoms with E-state index in [1.807, 2.05) is 0 Å². The summed E-state index contributed by atoms with van der Waals surface area (Å²) in [6.07, 6.45) is 0. The fourth-order valence-corrected chi connectivity index (χ4v) is 7.65. The van der Waals surface area contributed by atoms with Gasteiger partial charge in [-0.2, -0.15) is 0 Å². The zero-order valence-electron chi connectivity index (χ0n) is 25.4. The Bertz CT molecular complexity index is 2750. The lowest BCUT2D eigenvalue weighted by atomic mass is 10.1. The maximum atomic E-state index is 2.43. The number of benzene rings is 7. The largest absolute Gasteiger partial charge is 0.309 e. The fourth-order valence-electron chi connectivity index (χ4n) is 7.65. The van der Waals surface area contributed by atoms with Gasteiger partial charge in [-0.05, 0) is 79.7 Å². The molecule has 0 aliphatic rings. The molecule has 10 rings (SSSR count). The molecule has 0 amide bonds. The molecule has 0 fully saturated rings. The summed E-state index contributed by atoms with van der Waals surface area (Å²) in [7, 11) is 0. The van der Waals surface area contributed by atoms with Gasteiger partial charge < -0.3 is 13.7 Å². The highest BCUT2D eigenvalue weighted by Crippen LogP contribution is 2.39. The predicted molar refractivity (Wildman–Crippen MR) is 194 cm³/mol. The Morgan fingerprint density at radius 3 is 1.00 bits per heavy atom. The van der Waals surface area contributed by atoms with Crippen molar-refractivity contribution in [3.05, 3.63) is 163 Å². The van der Waals surface area contributed by atoms with E-state index >= 15 is 0 Å². The molecule has 0 unspecified atom stereocenters. The van der Waals surface area contributed by atoms with Crippen molar-refractivity contribution in [3.63, 3.8) is 0 Å². The van der Waals surface area contributed by atoms with Crippen LogP contribution in [0.5, 0.6) is 0 Å². The summed E-state index contributed by atoms with van der Waals surface area (Å²) in [6, 6.07) is 57.7. The van der Waals surface area contributed by atoms with Gasteiger partial charge in [-0.15, -0.1) is 0 Å². The van der Waals surface area contributed by atoms with Crippen LogP contribution in [0.1, 0.15) is 5.56 Å². The maximum Gasteiger partial charge on any atom is 0.0542 e. The topological polar surface area (TPSA) is 14.8 Å². The Morgan fingerprint density at radius 2 is 0.587 bits per heavy atom. The quantitative estimate of drug-likeness (QED) is 0.195. The number of rotatable bonds is 3. The van der Waals surface area contributed by atoms with Gasteiger partial charge in [0.1, 0.15) is 0 Å². The van der Waals surface area contributed by atoms with E-state index in [1.54, 1.807) is 0 Å². The summed E-state index contributed by atoms with van der Waals surface area (Å²) in [5.41, 5.74) is 12.1. The molecule has 10 aromatic rings. The summed E-state index contributed by atoms with van der Waals surface area (Å²) in [5, 5.41) is 7.56. The molecule has 3 heterocycles. The Kier molecular flexibility index (Phi) is 5.20.